The summed E-state index contributed by atoms with van der Waals surface area (Å²) in [5, 5.41) is 11.5. The molecule has 0 spiro atoms. The predicted octanol–water partition coefficient (Wildman–Crippen LogP) is 0.918. The van der Waals surface area contributed by atoms with Crippen molar-refractivity contribution < 1.29 is 19.4 Å². The average Bonchev–Trinajstić information content (AvgIpc) is 3.11. The number of rotatable bonds is 8. The Morgan fingerprint density at radius 3 is 2.67 bits per heavy atom. The molecule has 2 amide bonds. The number of nitrogens with one attached hydrogen (secondary N) is 1. The molecule has 0 saturated heterocycles. The molecule has 1 atom stereocenters. The largest absolute Gasteiger partial charge is 0.481 e. The first-order valence-corrected chi connectivity index (χ1v) is 6.29. The summed E-state index contributed by atoms with van der Waals surface area (Å²) in [5.41, 5.74) is 0. The fraction of sp³-hybridized carbons (Fsp3) is 0.833. The number of carbonyl (C=O) groups excluding carboxylic acids is 1. The fourth-order valence-electron chi connectivity index (χ4n) is 1.76. The SMILES string of the molecule is COCC(C)CNC(=O)N(CCC(=O)O)C1CC1. The van der Waals surface area contributed by atoms with E-state index in [9.17, 15) is 9.59 Å². The smallest absolute Gasteiger partial charge is 0.317 e. The molecule has 104 valence electrons. The van der Waals surface area contributed by atoms with Gasteiger partial charge in [0.2, 0.25) is 0 Å². The van der Waals surface area contributed by atoms with Crippen LogP contribution in [-0.2, 0) is 9.53 Å². The molecule has 18 heavy (non-hydrogen) atoms. The molecule has 1 saturated carbocycles. The van der Waals surface area contributed by atoms with Gasteiger partial charge in [-0.25, -0.2) is 4.79 Å². The van der Waals surface area contributed by atoms with E-state index < -0.39 is 5.97 Å². The summed E-state index contributed by atoms with van der Waals surface area (Å²) in [7, 11) is 1.63. The van der Waals surface area contributed by atoms with E-state index in [1.165, 1.54) is 0 Å². The zero-order chi connectivity index (χ0) is 13.5. The van der Waals surface area contributed by atoms with Gasteiger partial charge in [-0.1, -0.05) is 6.92 Å². The molecule has 0 bridgehead atoms. The van der Waals surface area contributed by atoms with Gasteiger partial charge in [0.1, 0.15) is 0 Å². The first-order chi connectivity index (χ1) is 8.54. The monoisotopic (exact) mass is 258 g/mol. The topological polar surface area (TPSA) is 78.9 Å². The third-order valence-corrected chi connectivity index (χ3v) is 2.87. The van der Waals surface area contributed by atoms with Crippen molar-refractivity contribution in [1.29, 1.82) is 0 Å². The molecule has 1 fully saturated rings. The van der Waals surface area contributed by atoms with E-state index in [-0.39, 0.29) is 31.0 Å². The Hall–Kier alpha value is -1.30. The summed E-state index contributed by atoms with van der Waals surface area (Å²) < 4.78 is 4.99. The summed E-state index contributed by atoms with van der Waals surface area (Å²) in [4.78, 5) is 24.1. The minimum absolute atomic E-state index is 0.00244. The molecular weight excluding hydrogens is 236 g/mol. The van der Waals surface area contributed by atoms with Crippen molar-refractivity contribution in [2.75, 3.05) is 26.8 Å². The van der Waals surface area contributed by atoms with Crippen LogP contribution in [0.15, 0.2) is 0 Å². The van der Waals surface area contributed by atoms with Gasteiger partial charge in [0.25, 0.3) is 0 Å². The number of carboxylic acid groups (broad SMARTS) is 1. The first-order valence-electron chi connectivity index (χ1n) is 6.29. The minimum atomic E-state index is -0.874. The van der Waals surface area contributed by atoms with Crippen LogP contribution in [0.4, 0.5) is 4.79 Å². The number of hydrogen-bond donors (Lipinski definition) is 2. The molecule has 0 aromatic heterocycles. The minimum Gasteiger partial charge on any atom is -0.481 e. The van der Waals surface area contributed by atoms with Crippen molar-refractivity contribution in [3.63, 3.8) is 0 Å². The van der Waals surface area contributed by atoms with Gasteiger partial charge in [0.05, 0.1) is 13.0 Å². The van der Waals surface area contributed by atoms with Gasteiger partial charge in [-0.05, 0) is 18.8 Å². The normalized spacial score (nSPS) is 16.1. The van der Waals surface area contributed by atoms with Crippen LogP contribution >= 0.6 is 0 Å². The quantitative estimate of drug-likeness (QED) is 0.678. The molecule has 0 aromatic carbocycles. The second-order valence-corrected chi connectivity index (χ2v) is 4.81. The zero-order valence-electron chi connectivity index (χ0n) is 11.0. The predicted molar refractivity (Wildman–Crippen MR) is 66.4 cm³/mol. The Balaban J connectivity index is 2.33. The Bertz CT molecular complexity index is 292. The highest BCUT2D eigenvalue weighted by molar-refractivity contribution is 5.76. The highest BCUT2D eigenvalue weighted by Gasteiger charge is 2.32. The molecule has 0 radical (unpaired) electrons. The molecule has 0 heterocycles. The lowest BCUT2D eigenvalue weighted by Crippen LogP contribution is -2.44. The van der Waals surface area contributed by atoms with Crippen molar-refractivity contribution in [3.05, 3.63) is 0 Å². The Morgan fingerprint density at radius 1 is 1.50 bits per heavy atom. The Labute approximate surface area is 107 Å². The number of carboxylic acids is 1. The van der Waals surface area contributed by atoms with Gasteiger partial charge in [-0.2, -0.15) is 0 Å². The Kier molecular flexibility index (Phi) is 5.91. The van der Waals surface area contributed by atoms with Crippen LogP contribution in [0.25, 0.3) is 0 Å². The number of aliphatic carboxylic acids is 1. The van der Waals surface area contributed by atoms with E-state index in [0.29, 0.717) is 13.2 Å². The maximum Gasteiger partial charge on any atom is 0.317 e. The van der Waals surface area contributed by atoms with Crippen molar-refractivity contribution >= 4 is 12.0 Å². The van der Waals surface area contributed by atoms with Gasteiger partial charge < -0.3 is 20.1 Å². The second kappa shape index (κ2) is 7.20. The summed E-state index contributed by atoms with van der Waals surface area (Å²) in [6.45, 7) is 3.41. The van der Waals surface area contributed by atoms with E-state index in [0.717, 1.165) is 12.8 Å². The molecule has 1 rings (SSSR count). The number of ether oxygens (including phenoxy) is 1. The number of nitrogens with zero attached hydrogens (tertiary/aromatic N) is 1. The van der Waals surface area contributed by atoms with Crippen LogP contribution in [0.5, 0.6) is 0 Å². The summed E-state index contributed by atoms with van der Waals surface area (Å²) in [6.07, 6.45) is 1.94. The van der Waals surface area contributed by atoms with E-state index in [2.05, 4.69) is 5.32 Å². The van der Waals surface area contributed by atoms with Crippen molar-refractivity contribution in [3.8, 4) is 0 Å². The van der Waals surface area contributed by atoms with Gasteiger partial charge in [0.15, 0.2) is 0 Å². The average molecular weight is 258 g/mol. The first kappa shape index (κ1) is 14.8. The highest BCUT2D eigenvalue weighted by atomic mass is 16.5. The maximum atomic E-state index is 11.9. The zero-order valence-corrected chi connectivity index (χ0v) is 11.0. The van der Waals surface area contributed by atoms with Crippen LogP contribution in [0.1, 0.15) is 26.2 Å². The van der Waals surface area contributed by atoms with E-state index >= 15 is 0 Å². The van der Waals surface area contributed by atoms with Crippen LogP contribution in [0.3, 0.4) is 0 Å². The van der Waals surface area contributed by atoms with Gasteiger partial charge in [-0.15, -0.1) is 0 Å². The second-order valence-electron chi connectivity index (χ2n) is 4.81. The van der Waals surface area contributed by atoms with E-state index in [4.69, 9.17) is 9.84 Å². The molecular formula is C12H22N2O4. The molecule has 2 N–H and O–H groups in total. The Morgan fingerprint density at radius 2 is 2.17 bits per heavy atom. The van der Waals surface area contributed by atoms with Gasteiger partial charge in [-0.3, -0.25) is 4.79 Å². The van der Waals surface area contributed by atoms with Crippen LogP contribution < -0.4 is 5.32 Å². The number of carbonyl (C=O) groups is 2. The third kappa shape index (κ3) is 5.35. The number of amides is 2. The lowest BCUT2D eigenvalue weighted by Gasteiger charge is -2.23. The van der Waals surface area contributed by atoms with Crippen LogP contribution in [0, 0.1) is 5.92 Å². The van der Waals surface area contributed by atoms with Crippen molar-refractivity contribution in [2.45, 2.75) is 32.2 Å². The van der Waals surface area contributed by atoms with Crippen LogP contribution in [0.2, 0.25) is 0 Å². The van der Waals surface area contributed by atoms with E-state index in [1.54, 1.807) is 12.0 Å². The summed E-state index contributed by atoms with van der Waals surface area (Å²) in [6, 6.07) is 0.0591. The number of methoxy groups -OCH3 is 1. The summed E-state index contributed by atoms with van der Waals surface area (Å²) in [5.74, 6) is -0.624. The highest BCUT2D eigenvalue weighted by Crippen LogP contribution is 2.26. The van der Waals surface area contributed by atoms with Crippen molar-refractivity contribution in [2.24, 2.45) is 5.92 Å². The van der Waals surface area contributed by atoms with Crippen molar-refractivity contribution in [1.82, 2.24) is 10.2 Å². The maximum absolute atomic E-state index is 11.9. The third-order valence-electron chi connectivity index (χ3n) is 2.87. The molecule has 1 aliphatic carbocycles. The lowest BCUT2D eigenvalue weighted by atomic mass is 10.2. The molecule has 1 aliphatic rings. The lowest BCUT2D eigenvalue weighted by molar-refractivity contribution is -0.137. The molecule has 0 aromatic rings. The van der Waals surface area contributed by atoms with Crippen LogP contribution in [-0.4, -0.2) is 54.9 Å². The standard InChI is InChI=1S/C12H22N2O4/c1-9(8-18-2)7-13-12(17)14(10-3-4-10)6-5-11(15)16/h9-10H,3-8H2,1-2H3,(H,13,17)(H,15,16). The summed E-state index contributed by atoms with van der Waals surface area (Å²) >= 11 is 0. The molecule has 1 unspecified atom stereocenters. The number of urea groups is 1. The molecule has 0 aliphatic heterocycles. The number of hydrogen-bond acceptors (Lipinski definition) is 3. The van der Waals surface area contributed by atoms with E-state index in [1.807, 2.05) is 6.92 Å². The fourth-order valence-corrected chi connectivity index (χ4v) is 1.76. The van der Waals surface area contributed by atoms with Gasteiger partial charge in [0, 0.05) is 26.2 Å². The molecule has 6 heteroatoms. The van der Waals surface area contributed by atoms with Gasteiger partial charge >= 0.3 is 12.0 Å². The molecule has 6 nitrogen and oxygen atoms in total.